The molecule has 9 heteroatoms. The number of benzene rings is 1. The molecule has 0 radical (unpaired) electrons. The Morgan fingerprint density at radius 1 is 1.21 bits per heavy atom. The second kappa shape index (κ2) is 5.52. The molecule has 0 N–H and O–H groups in total. The van der Waals surface area contributed by atoms with E-state index in [0.29, 0.717) is 0 Å². The lowest BCUT2D eigenvalue weighted by Crippen LogP contribution is -2.55. The Morgan fingerprint density at radius 3 is 2.54 bits per heavy atom. The van der Waals surface area contributed by atoms with E-state index in [9.17, 15) is 29.3 Å². The normalized spacial score (nSPS) is 20.6. The monoisotopic (exact) mass is 331 g/mol. The topological polar surface area (TPSA) is 118 Å². The van der Waals surface area contributed by atoms with Crippen LogP contribution in [0, 0.1) is 10.1 Å². The van der Waals surface area contributed by atoms with E-state index in [1.54, 1.807) is 6.92 Å². The third-order valence-electron chi connectivity index (χ3n) is 4.23. The maximum Gasteiger partial charge on any atom is 0.282 e. The van der Waals surface area contributed by atoms with Crippen molar-refractivity contribution in [3.05, 3.63) is 39.4 Å². The number of likely N-dealkylation sites (N-methyl/N-ethyl adjacent to an activating group) is 1. The van der Waals surface area contributed by atoms with Crippen molar-refractivity contribution in [3.8, 4) is 0 Å². The van der Waals surface area contributed by atoms with Crippen molar-refractivity contribution in [2.75, 3.05) is 6.54 Å². The van der Waals surface area contributed by atoms with Crippen molar-refractivity contribution in [1.82, 2.24) is 9.80 Å². The first kappa shape index (κ1) is 15.8. The van der Waals surface area contributed by atoms with Gasteiger partial charge >= 0.3 is 0 Å². The van der Waals surface area contributed by atoms with E-state index in [2.05, 4.69) is 0 Å². The first-order chi connectivity index (χ1) is 11.4. The highest BCUT2D eigenvalue weighted by molar-refractivity contribution is 6.25. The molecule has 1 saturated heterocycles. The van der Waals surface area contributed by atoms with Crippen LogP contribution in [0.15, 0.2) is 18.2 Å². The minimum absolute atomic E-state index is 0.0213. The SMILES string of the molecule is CCN1C(=O)CCC(N2C(=O)c3cccc([N+](=O)[O-])c3C2=O)C1=O. The zero-order valence-electron chi connectivity index (χ0n) is 12.7. The molecule has 0 aliphatic carbocycles. The van der Waals surface area contributed by atoms with E-state index in [1.165, 1.54) is 12.1 Å². The van der Waals surface area contributed by atoms with Crippen molar-refractivity contribution >= 4 is 29.3 Å². The van der Waals surface area contributed by atoms with Crippen LogP contribution in [0.1, 0.15) is 40.5 Å². The van der Waals surface area contributed by atoms with Crippen molar-refractivity contribution in [3.63, 3.8) is 0 Å². The summed E-state index contributed by atoms with van der Waals surface area (Å²) in [6.07, 6.45) is 0.0488. The lowest BCUT2D eigenvalue weighted by Gasteiger charge is -2.33. The van der Waals surface area contributed by atoms with Crippen LogP contribution in [0.5, 0.6) is 0 Å². The number of nitro benzene ring substituents is 1. The summed E-state index contributed by atoms with van der Waals surface area (Å²) >= 11 is 0. The minimum atomic E-state index is -1.12. The fraction of sp³-hybridized carbons (Fsp3) is 0.333. The number of carbonyl (C=O) groups excluding carboxylic acids is 4. The van der Waals surface area contributed by atoms with Crippen LogP contribution in [0.4, 0.5) is 5.69 Å². The fourth-order valence-corrected chi connectivity index (χ4v) is 3.11. The molecule has 1 aromatic rings. The lowest BCUT2D eigenvalue weighted by atomic mass is 10.0. The van der Waals surface area contributed by atoms with Crippen LogP contribution in [-0.2, 0) is 9.59 Å². The van der Waals surface area contributed by atoms with Crippen LogP contribution in [0.3, 0.4) is 0 Å². The number of rotatable bonds is 3. The van der Waals surface area contributed by atoms with Gasteiger partial charge < -0.3 is 0 Å². The Morgan fingerprint density at radius 2 is 1.92 bits per heavy atom. The second-order valence-corrected chi connectivity index (χ2v) is 5.47. The van der Waals surface area contributed by atoms with E-state index in [-0.39, 0.29) is 36.4 Å². The number of amides is 4. The summed E-state index contributed by atoms with van der Waals surface area (Å²) in [5.41, 5.74) is -0.873. The largest absolute Gasteiger partial charge is 0.282 e. The van der Waals surface area contributed by atoms with Crippen molar-refractivity contribution in [1.29, 1.82) is 0 Å². The number of fused-ring (bicyclic) bond motifs is 1. The van der Waals surface area contributed by atoms with E-state index < -0.39 is 34.4 Å². The maximum absolute atomic E-state index is 12.6. The van der Waals surface area contributed by atoms with Gasteiger partial charge in [-0.15, -0.1) is 0 Å². The number of nitro groups is 1. The molecule has 24 heavy (non-hydrogen) atoms. The summed E-state index contributed by atoms with van der Waals surface area (Å²) in [6, 6.07) is 2.65. The lowest BCUT2D eigenvalue weighted by molar-refractivity contribution is -0.385. The Balaban J connectivity index is 2.03. The highest BCUT2D eigenvalue weighted by Crippen LogP contribution is 2.34. The summed E-state index contributed by atoms with van der Waals surface area (Å²) in [5, 5.41) is 11.1. The minimum Gasteiger partial charge on any atom is -0.281 e. The molecule has 9 nitrogen and oxygen atoms in total. The molecule has 3 rings (SSSR count). The number of hydrogen-bond donors (Lipinski definition) is 0. The number of likely N-dealkylation sites (tertiary alicyclic amines) is 1. The molecule has 2 heterocycles. The third kappa shape index (κ3) is 2.08. The Bertz CT molecular complexity index is 802. The fourth-order valence-electron chi connectivity index (χ4n) is 3.11. The van der Waals surface area contributed by atoms with E-state index >= 15 is 0 Å². The average molecular weight is 331 g/mol. The standard InChI is InChI=1S/C15H13N3O6/c1-2-16-11(19)7-6-10(14(16)21)17-13(20)8-4-3-5-9(18(23)24)12(8)15(17)22/h3-5,10H,2,6-7H2,1H3. The molecule has 1 fully saturated rings. The predicted octanol–water partition coefficient (Wildman–Crippen LogP) is 0.728. The summed E-state index contributed by atoms with van der Waals surface area (Å²) in [5.74, 6) is -2.61. The highest BCUT2D eigenvalue weighted by atomic mass is 16.6. The first-order valence-corrected chi connectivity index (χ1v) is 7.38. The number of hydrogen-bond acceptors (Lipinski definition) is 6. The quantitative estimate of drug-likeness (QED) is 0.458. The van der Waals surface area contributed by atoms with Gasteiger partial charge in [0.25, 0.3) is 23.4 Å². The zero-order chi connectivity index (χ0) is 17.6. The van der Waals surface area contributed by atoms with Gasteiger partial charge in [-0.2, -0.15) is 0 Å². The summed E-state index contributed by atoms with van der Waals surface area (Å²) in [7, 11) is 0. The molecule has 0 bridgehead atoms. The third-order valence-corrected chi connectivity index (χ3v) is 4.23. The van der Waals surface area contributed by atoms with Crippen molar-refractivity contribution < 1.29 is 24.1 Å². The van der Waals surface area contributed by atoms with Crippen LogP contribution < -0.4 is 0 Å². The molecule has 1 atom stereocenters. The van der Waals surface area contributed by atoms with Crippen LogP contribution in [0.25, 0.3) is 0 Å². The van der Waals surface area contributed by atoms with E-state index in [1.807, 2.05) is 0 Å². The predicted molar refractivity (Wildman–Crippen MR) is 79.0 cm³/mol. The molecular weight excluding hydrogens is 318 g/mol. The molecule has 1 aromatic carbocycles. The molecule has 0 spiro atoms. The molecular formula is C15H13N3O6. The van der Waals surface area contributed by atoms with Gasteiger partial charge in [0, 0.05) is 19.0 Å². The average Bonchev–Trinajstić information content (AvgIpc) is 2.80. The van der Waals surface area contributed by atoms with Crippen LogP contribution in [-0.4, -0.2) is 50.9 Å². The Kier molecular flexibility index (Phi) is 3.63. The molecule has 0 saturated carbocycles. The summed E-state index contributed by atoms with van der Waals surface area (Å²) in [6.45, 7) is 1.75. The number of nitrogens with zero attached hydrogens (tertiary/aromatic N) is 3. The van der Waals surface area contributed by atoms with Gasteiger partial charge in [-0.05, 0) is 19.4 Å². The van der Waals surface area contributed by atoms with Gasteiger partial charge in [0.05, 0.1) is 10.5 Å². The van der Waals surface area contributed by atoms with Gasteiger partial charge in [-0.3, -0.25) is 39.1 Å². The summed E-state index contributed by atoms with van der Waals surface area (Å²) in [4.78, 5) is 61.4. The molecule has 1 unspecified atom stereocenters. The first-order valence-electron chi connectivity index (χ1n) is 7.38. The van der Waals surface area contributed by atoms with Crippen LogP contribution >= 0.6 is 0 Å². The van der Waals surface area contributed by atoms with Crippen molar-refractivity contribution in [2.24, 2.45) is 0 Å². The van der Waals surface area contributed by atoms with E-state index in [0.717, 1.165) is 15.9 Å². The van der Waals surface area contributed by atoms with Crippen LogP contribution in [0.2, 0.25) is 0 Å². The maximum atomic E-state index is 12.6. The Hall–Kier alpha value is -3.10. The van der Waals surface area contributed by atoms with Gasteiger partial charge in [0.15, 0.2) is 0 Å². The number of imide groups is 2. The highest BCUT2D eigenvalue weighted by Gasteiger charge is 2.49. The molecule has 2 aliphatic rings. The van der Waals surface area contributed by atoms with Gasteiger partial charge in [0.2, 0.25) is 5.91 Å². The number of carbonyl (C=O) groups is 4. The smallest absolute Gasteiger partial charge is 0.281 e. The van der Waals surface area contributed by atoms with Gasteiger partial charge in [0.1, 0.15) is 11.6 Å². The number of piperidine rings is 1. The molecule has 0 aromatic heterocycles. The van der Waals surface area contributed by atoms with Gasteiger partial charge in [-0.25, -0.2) is 0 Å². The molecule has 2 aliphatic heterocycles. The molecule has 4 amide bonds. The van der Waals surface area contributed by atoms with Gasteiger partial charge in [-0.1, -0.05) is 6.07 Å². The zero-order valence-corrected chi connectivity index (χ0v) is 12.7. The van der Waals surface area contributed by atoms with E-state index in [4.69, 9.17) is 0 Å². The van der Waals surface area contributed by atoms with Crippen molar-refractivity contribution in [2.45, 2.75) is 25.8 Å². The summed E-state index contributed by atoms with van der Waals surface area (Å²) < 4.78 is 0. The second-order valence-electron chi connectivity index (χ2n) is 5.47. The molecule has 124 valence electrons. The Labute approximate surface area is 136 Å².